The van der Waals surface area contributed by atoms with Crippen molar-refractivity contribution < 1.29 is 33.7 Å². The number of halogens is 1. The van der Waals surface area contributed by atoms with E-state index in [4.69, 9.17) is 4.74 Å². The fourth-order valence-electron chi connectivity index (χ4n) is 6.44. The molecule has 3 heterocycles. The summed E-state index contributed by atoms with van der Waals surface area (Å²) in [6.07, 6.45) is 0.0866. The summed E-state index contributed by atoms with van der Waals surface area (Å²) >= 11 is 0. The van der Waals surface area contributed by atoms with Gasteiger partial charge in [0.15, 0.2) is 15.7 Å². The monoisotopic (exact) mass is 558 g/mol. The third kappa shape index (κ3) is 4.70. The molecule has 3 atom stereocenters. The smallest absolute Gasteiger partial charge is 0.256 e. The van der Waals surface area contributed by atoms with Crippen LogP contribution in [0.3, 0.4) is 0 Å². The van der Waals surface area contributed by atoms with Crippen LogP contribution in [0.2, 0.25) is 0 Å². The van der Waals surface area contributed by atoms with Crippen molar-refractivity contribution in [2.24, 2.45) is 0 Å². The van der Waals surface area contributed by atoms with Crippen LogP contribution in [0.5, 0.6) is 0 Å². The quantitative estimate of drug-likeness (QED) is 0.206. The molecule has 0 saturated carbocycles. The molecule has 16 heteroatoms. The molecule has 5 rings (SSSR count). The Kier molecular flexibility index (Phi) is 7.21. The fraction of sp³-hybridized carbons (Fsp3) is 0.400. The summed E-state index contributed by atoms with van der Waals surface area (Å²) in [6, 6.07) is 9.78. The van der Waals surface area contributed by atoms with Crippen molar-refractivity contribution >= 4 is 62.6 Å². The molecular weight excluding hydrogens is 525 g/mol. The second-order valence-corrected chi connectivity index (χ2v) is 12.1. The number of hydrogen-bond donors (Lipinski definition) is 4. The third-order valence-electron chi connectivity index (χ3n) is 8.74. The zero-order valence-corrected chi connectivity index (χ0v) is 24.0. The normalized spacial score (nSPS) is 26.8. The Balaban J connectivity index is 1.51. The third-order valence-corrected chi connectivity index (χ3v) is 8.74. The highest BCUT2D eigenvalue weighted by Crippen LogP contribution is 2.45. The molecule has 3 unspecified atom stereocenters. The summed E-state index contributed by atoms with van der Waals surface area (Å²) in [7, 11) is 8.07. The van der Waals surface area contributed by atoms with Crippen molar-refractivity contribution in [2.75, 3.05) is 31.6 Å². The number of carbonyl (C=O) groups excluding carboxylic acids is 3. The average molecular weight is 558 g/mol. The van der Waals surface area contributed by atoms with E-state index in [-0.39, 0.29) is 35.1 Å². The lowest BCUT2D eigenvalue weighted by atomic mass is 9.57. The van der Waals surface area contributed by atoms with Crippen molar-refractivity contribution in [2.45, 2.75) is 34.9 Å². The number of nitrogens with zero attached hydrogens (tertiary/aromatic N) is 2. The number of morpholine rings is 1. The van der Waals surface area contributed by atoms with Crippen molar-refractivity contribution in [1.29, 1.82) is 0 Å². The summed E-state index contributed by atoms with van der Waals surface area (Å²) in [6.45, 7) is 1.80. The van der Waals surface area contributed by atoms with Gasteiger partial charge in [0.05, 0.1) is 18.7 Å². The van der Waals surface area contributed by atoms with Crippen LogP contribution in [0.25, 0.3) is 0 Å². The van der Waals surface area contributed by atoms with E-state index in [9.17, 15) is 24.6 Å². The van der Waals surface area contributed by atoms with Gasteiger partial charge in [0.2, 0.25) is 11.8 Å². The van der Waals surface area contributed by atoms with E-state index in [1.165, 1.54) is 15.7 Å². The number of hydrogen-bond acceptors (Lipinski definition) is 8. The Bertz CT molecular complexity index is 1440. The predicted molar refractivity (Wildman–Crippen MR) is 162 cm³/mol. The summed E-state index contributed by atoms with van der Waals surface area (Å²) < 4.78 is 21.6. The van der Waals surface area contributed by atoms with Gasteiger partial charge in [0.25, 0.3) is 5.91 Å². The molecule has 10 nitrogen and oxygen atoms in total. The lowest BCUT2D eigenvalue weighted by molar-refractivity contribution is -0.144. The van der Waals surface area contributed by atoms with Crippen molar-refractivity contribution in [3.63, 3.8) is 0 Å². The van der Waals surface area contributed by atoms with E-state index >= 15 is 4.39 Å². The molecule has 2 aromatic rings. The summed E-state index contributed by atoms with van der Waals surface area (Å²) in [5.74, 6) is -2.21. The SMILES string of the molecule is BC(B)(Nc1cccc2c1C(B)(O)N(C1(B)CCC(=O)NC1=O)C2=O)c1cccc(C(B)(O)N2CCOCC2)c1F. The van der Waals surface area contributed by atoms with Crippen LogP contribution >= 0.6 is 0 Å². The molecule has 0 radical (unpaired) electrons. The van der Waals surface area contributed by atoms with E-state index in [0.717, 1.165) is 4.90 Å². The van der Waals surface area contributed by atoms with Gasteiger partial charge < -0.3 is 25.2 Å². The van der Waals surface area contributed by atoms with Gasteiger partial charge in [-0.1, -0.05) is 24.3 Å². The molecule has 210 valence electrons. The van der Waals surface area contributed by atoms with Crippen LogP contribution in [-0.2, 0) is 30.9 Å². The first-order valence-electron chi connectivity index (χ1n) is 13.8. The van der Waals surface area contributed by atoms with Gasteiger partial charge in [0, 0.05) is 47.2 Å². The lowest BCUT2D eigenvalue weighted by Gasteiger charge is -2.46. The standard InChI is InChI=1S/C25H32B5FN4O6/c26-22(8-7-17(36)32-21(22)38)35-20(37)13-3-1-6-16(18(13)25(35,30)40)33-23(27,28)14-4-2-5-15(19(14)31)24(29,39)34-9-11-41-12-10-34/h1-6,33,39-40H,7-12,26-30H2,(H,32,36,38). The number of carbonyl (C=O) groups is 3. The molecule has 0 aliphatic carbocycles. The molecule has 4 N–H and O–H groups in total. The number of fused-ring (bicyclic) bond motifs is 1. The first-order valence-corrected chi connectivity index (χ1v) is 13.8. The average Bonchev–Trinajstić information content (AvgIpc) is 3.12. The Morgan fingerprint density at radius 3 is 2.32 bits per heavy atom. The first kappa shape index (κ1) is 29.4. The summed E-state index contributed by atoms with van der Waals surface area (Å²) in [5, 5.41) is 27.8. The highest BCUT2D eigenvalue weighted by atomic mass is 19.1. The zero-order valence-electron chi connectivity index (χ0n) is 24.0. The molecule has 3 amide bonds. The van der Waals surface area contributed by atoms with E-state index < -0.39 is 45.6 Å². The highest BCUT2D eigenvalue weighted by Gasteiger charge is 2.57. The first-order chi connectivity index (χ1) is 19.1. The van der Waals surface area contributed by atoms with Gasteiger partial charge in [-0.3, -0.25) is 24.6 Å². The van der Waals surface area contributed by atoms with Crippen LogP contribution in [0, 0.1) is 5.82 Å². The maximum Gasteiger partial charge on any atom is 0.256 e. The van der Waals surface area contributed by atoms with Gasteiger partial charge in [-0.15, -0.1) is 0 Å². The number of amides is 3. The topological polar surface area (TPSA) is 131 Å². The van der Waals surface area contributed by atoms with Gasteiger partial charge in [-0.05, 0) is 24.1 Å². The van der Waals surface area contributed by atoms with Crippen LogP contribution in [-0.4, -0.2) is 109 Å². The molecule has 0 aromatic heterocycles. The van der Waals surface area contributed by atoms with Gasteiger partial charge in [-0.25, -0.2) is 4.39 Å². The van der Waals surface area contributed by atoms with E-state index in [1.54, 1.807) is 64.8 Å². The number of aliphatic hydroxyl groups is 2. The van der Waals surface area contributed by atoms with Gasteiger partial charge in [0.1, 0.15) is 40.6 Å². The van der Waals surface area contributed by atoms with E-state index in [2.05, 4.69) is 10.6 Å². The minimum Gasteiger partial charge on any atom is -0.391 e. The Morgan fingerprint density at radius 2 is 1.66 bits per heavy atom. The van der Waals surface area contributed by atoms with E-state index in [1.807, 2.05) is 0 Å². The lowest BCUT2D eigenvalue weighted by Crippen LogP contribution is -2.68. The minimum atomic E-state index is -1.92. The van der Waals surface area contributed by atoms with Crippen LogP contribution in [0.15, 0.2) is 36.4 Å². The molecule has 0 bridgehead atoms. The zero-order chi connectivity index (χ0) is 30.0. The Morgan fingerprint density at radius 1 is 1.02 bits per heavy atom. The molecule has 3 aliphatic heterocycles. The molecule has 2 fully saturated rings. The number of nitrogens with one attached hydrogen (secondary N) is 2. The molecule has 41 heavy (non-hydrogen) atoms. The van der Waals surface area contributed by atoms with Gasteiger partial charge >= 0.3 is 0 Å². The van der Waals surface area contributed by atoms with Crippen molar-refractivity contribution in [1.82, 2.24) is 15.1 Å². The highest BCUT2D eigenvalue weighted by molar-refractivity contribution is 6.41. The summed E-state index contributed by atoms with van der Waals surface area (Å²) in [5.41, 5.74) is -3.71. The second kappa shape index (κ2) is 10.0. The molecule has 3 aliphatic rings. The largest absolute Gasteiger partial charge is 0.391 e. The van der Waals surface area contributed by atoms with Crippen LogP contribution in [0.4, 0.5) is 10.1 Å². The summed E-state index contributed by atoms with van der Waals surface area (Å²) in [4.78, 5) is 41.3. The minimum absolute atomic E-state index is 0.0282. The van der Waals surface area contributed by atoms with Crippen LogP contribution in [0.1, 0.15) is 39.9 Å². The number of imide groups is 1. The van der Waals surface area contributed by atoms with Crippen molar-refractivity contribution in [3.8, 4) is 0 Å². The number of benzene rings is 2. The Hall–Kier alpha value is -3.06. The fourth-order valence-corrected chi connectivity index (χ4v) is 6.44. The number of piperidine rings is 1. The second-order valence-electron chi connectivity index (χ2n) is 12.1. The molecule has 2 saturated heterocycles. The molecule has 2 aromatic carbocycles. The maximum absolute atomic E-state index is 16.2. The molecule has 0 spiro atoms. The maximum atomic E-state index is 16.2. The number of ether oxygens (including phenoxy) is 1. The van der Waals surface area contributed by atoms with E-state index in [0.29, 0.717) is 32.0 Å². The number of rotatable bonds is 6. The molecular formula is C25H32B5FN4O6. The van der Waals surface area contributed by atoms with Gasteiger partial charge in [-0.2, -0.15) is 0 Å². The van der Waals surface area contributed by atoms with Crippen molar-refractivity contribution in [3.05, 3.63) is 64.5 Å². The number of anilines is 1. The van der Waals surface area contributed by atoms with Crippen LogP contribution < -0.4 is 10.6 Å². The predicted octanol–water partition coefficient (Wildman–Crippen LogP) is -4.66. The Labute approximate surface area is 242 Å².